The highest BCUT2D eigenvalue weighted by atomic mass is 16.5. The number of nitrogen functional groups attached to an aromatic ring is 1. The van der Waals surface area contributed by atoms with Crippen LogP contribution in [0.15, 0.2) is 42.7 Å². The molecule has 0 bridgehead atoms. The van der Waals surface area contributed by atoms with Gasteiger partial charge in [-0.15, -0.1) is 0 Å². The zero-order chi connectivity index (χ0) is 12.9. The Morgan fingerprint density at radius 1 is 1.29 bits per heavy atom. The molecule has 1 aromatic rings. The molecule has 0 aromatic heterocycles. The van der Waals surface area contributed by atoms with E-state index in [1.807, 2.05) is 37.3 Å². The zero-order valence-corrected chi connectivity index (χ0v) is 11.0. The lowest BCUT2D eigenvalue weighted by Gasteiger charge is -2.25. The van der Waals surface area contributed by atoms with Gasteiger partial charge in [0.2, 0.25) is 0 Å². The third-order valence-electron chi connectivity index (χ3n) is 2.85. The van der Waals surface area contributed by atoms with Crippen molar-refractivity contribution < 1.29 is 4.74 Å². The number of ether oxygens (including phenoxy) is 1. The highest BCUT2D eigenvalue weighted by molar-refractivity contribution is 5.78. The molecule has 0 unspecified atom stereocenters. The highest BCUT2D eigenvalue weighted by Gasteiger charge is 2.22. The normalized spacial score (nSPS) is 13.1. The summed E-state index contributed by atoms with van der Waals surface area (Å²) in [6, 6.07) is 7.93. The predicted octanol–water partition coefficient (Wildman–Crippen LogP) is 3.86. The molecular weight excluding hydrogens is 210 g/mol. The fourth-order valence-electron chi connectivity index (χ4n) is 1.94. The van der Waals surface area contributed by atoms with Crippen LogP contribution in [0.5, 0.6) is 0 Å². The van der Waals surface area contributed by atoms with Crippen LogP contribution in [0.3, 0.4) is 0 Å². The smallest absolute Gasteiger partial charge is 0.0793 e. The molecule has 0 atom stereocenters. The number of hydrogen-bond donors (Lipinski definition) is 1. The monoisotopic (exact) mass is 231 g/mol. The summed E-state index contributed by atoms with van der Waals surface area (Å²) < 4.78 is 5.00. The second-order valence-corrected chi connectivity index (χ2v) is 4.55. The summed E-state index contributed by atoms with van der Waals surface area (Å²) >= 11 is 0. The molecular formula is C15H21NO. The number of hydrogen-bond acceptors (Lipinski definition) is 2. The Balaban J connectivity index is 3.18. The Kier molecular flexibility index (Phi) is 4.38. The number of nitrogens with two attached hydrogens (primary N) is 1. The topological polar surface area (TPSA) is 35.2 Å². The van der Waals surface area contributed by atoms with Gasteiger partial charge < -0.3 is 10.5 Å². The van der Waals surface area contributed by atoms with Gasteiger partial charge in [0, 0.05) is 16.7 Å². The van der Waals surface area contributed by atoms with Gasteiger partial charge in [-0.2, -0.15) is 0 Å². The third-order valence-corrected chi connectivity index (χ3v) is 2.85. The Morgan fingerprint density at radius 2 is 1.94 bits per heavy atom. The maximum absolute atomic E-state index is 6.03. The van der Waals surface area contributed by atoms with E-state index in [0.717, 1.165) is 11.3 Å². The molecule has 0 saturated heterocycles. The number of allylic oxidation sites excluding steroid dienone is 3. The molecule has 1 rings (SSSR count). The molecule has 0 amide bonds. The second kappa shape index (κ2) is 5.58. The van der Waals surface area contributed by atoms with Gasteiger partial charge in [-0.25, -0.2) is 0 Å². The van der Waals surface area contributed by atoms with Crippen LogP contribution in [0.4, 0.5) is 5.69 Å². The number of rotatable bonds is 4. The summed E-state index contributed by atoms with van der Waals surface area (Å²) in [4.78, 5) is 0. The van der Waals surface area contributed by atoms with Gasteiger partial charge in [-0.3, -0.25) is 0 Å². The van der Waals surface area contributed by atoms with Crippen molar-refractivity contribution in [3.05, 3.63) is 48.2 Å². The molecule has 2 heteroatoms. The number of anilines is 1. The van der Waals surface area contributed by atoms with Crippen LogP contribution in [0.25, 0.3) is 5.57 Å². The number of methoxy groups -OCH3 is 1. The molecule has 92 valence electrons. The molecule has 1 aromatic carbocycles. The Labute approximate surface area is 104 Å². The molecule has 2 N–H and O–H groups in total. The quantitative estimate of drug-likeness (QED) is 0.631. The van der Waals surface area contributed by atoms with Crippen LogP contribution in [-0.4, -0.2) is 7.11 Å². The van der Waals surface area contributed by atoms with E-state index in [4.69, 9.17) is 10.5 Å². The van der Waals surface area contributed by atoms with Crippen LogP contribution in [-0.2, 0) is 4.74 Å². The van der Waals surface area contributed by atoms with Crippen LogP contribution in [0, 0.1) is 5.41 Å². The van der Waals surface area contributed by atoms with Crippen LogP contribution in [0.1, 0.15) is 26.3 Å². The number of benzene rings is 1. The molecule has 0 fully saturated rings. The molecule has 0 radical (unpaired) electrons. The molecule has 0 aliphatic carbocycles. The molecule has 2 nitrogen and oxygen atoms in total. The summed E-state index contributed by atoms with van der Waals surface area (Å²) in [7, 11) is 1.65. The van der Waals surface area contributed by atoms with Crippen molar-refractivity contribution in [1.29, 1.82) is 0 Å². The summed E-state index contributed by atoms with van der Waals surface area (Å²) in [5.74, 6) is 0. The SMILES string of the molecule is C/C=C(\c1ccccc1N)C(C)(C)C=COC. The Morgan fingerprint density at radius 3 is 2.47 bits per heavy atom. The molecule has 0 spiro atoms. The third kappa shape index (κ3) is 3.13. The van der Waals surface area contributed by atoms with Gasteiger partial charge in [0.15, 0.2) is 0 Å². The molecule has 0 aliphatic heterocycles. The average molecular weight is 231 g/mol. The fourth-order valence-corrected chi connectivity index (χ4v) is 1.94. The maximum atomic E-state index is 6.03. The Hall–Kier alpha value is -1.70. The molecule has 0 saturated carbocycles. The first-order chi connectivity index (χ1) is 8.03. The molecule has 17 heavy (non-hydrogen) atoms. The largest absolute Gasteiger partial charge is 0.505 e. The van der Waals surface area contributed by atoms with Crippen molar-refractivity contribution in [1.82, 2.24) is 0 Å². The van der Waals surface area contributed by atoms with E-state index in [0.29, 0.717) is 0 Å². The highest BCUT2D eigenvalue weighted by Crippen LogP contribution is 2.38. The van der Waals surface area contributed by atoms with Crippen LogP contribution in [0.2, 0.25) is 0 Å². The zero-order valence-electron chi connectivity index (χ0n) is 11.0. The van der Waals surface area contributed by atoms with E-state index in [1.165, 1.54) is 5.57 Å². The first-order valence-electron chi connectivity index (χ1n) is 5.75. The van der Waals surface area contributed by atoms with Gasteiger partial charge in [0.1, 0.15) is 0 Å². The van der Waals surface area contributed by atoms with Crippen molar-refractivity contribution >= 4 is 11.3 Å². The second-order valence-electron chi connectivity index (χ2n) is 4.55. The summed E-state index contributed by atoms with van der Waals surface area (Å²) in [5, 5.41) is 0. The predicted molar refractivity (Wildman–Crippen MR) is 74.4 cm³/mol. The van der Waals surface area contributed by atoms with E-state index >= 15 is 0 Å². The van der Waals surface area contributed by atoms with E-state index in [-0.39, 0.29) is 5.41 Å². The van der Waals surface area contributed by atoms with Crippen molar-refractivity contribution in [2.45, 2.75) is 20.8 Å². The van der Waals surface area contributed by atoms with E-state index in [2.05, 4.69) is 19.9 Å². The molecule has 0 heterocycles. The summed E-state index contributed by atoms with van der Waals surface area (Å²) in [5.41, 5.74) is 9.00. The van der Waals surface area contributed by atoms with Crippen molar-refractivity contribution in [3.8, 4) is 0 Å². The van der Waals surface area contributed by atoms with E-state index < -0.39 is 0 Å². The van der Waals surface area contributed by atoms with Gasteiger partial charge in [0.05, 0.1) is 13.4 Å². The number of para-hydroxylation sites is 1. The van der Waals surface area contributed by atoms with Gasteiger partial charge in [-0.1, -0.05) is 38.1 Å². The minimum Gasteiger partial charge on any atom is -0.505 e. The van der Waals surface area contributed by atoms with Crippen molar-refractivity contribution in [2.24, 2.45) is 5.41 Å². The van der Waals surface area contributed by atoms with Gasteiger partial charge in [0.25, 0.3) is 0 Å². The van der Waals surface area contributed by atoms with E-state index in [1.54, 1.807) is 13.4 Å². The minimum absolute atomic E-state index is 0.111. The average Bonchev–Trinajstić information content (AvgIpc) is 2.30. The molecule has 0 aliphatic rings. The Bertz CT molecular complexity index is 430. The summed E-state index contributed by atoms with van der Waals surface area (Å²) in [6.45, 7) is 6.32. The van der Waals surface area contributed by atoms with Gasteiger partial charge >= 0.3 is 0 Å². The van der Waals surface area contributed by atoms with Crippen molar-refractivity contribution in [3.63, 3.8) is 0 Å². The maximum Gasteiger partial charge on any atom is 0.0793 e. The fraction of sp³-hybridized carbons (Fsp3) is 0.333. The first kappa shape index (κ1) is 13.4. The van der Waals surface area contributed by atoms with Crippen LogP contribution < -0.4 is 5.73 Å². The van der Waals surface area contributed by atoms with E-state index in [9.17, 15) is 0 Å². The lowest BCUT2D eigenvalue weighted by molar-refractivity contribution is 0.332. The van der Waals surface area contributed by atoms with Gasteiger partial charge in [-0.05, 0) is 24.6 Å². The van der Waals surface area contributed by atoms with Crippen molar-refractivity contribution in [2.75, 3.05) is 12.8 Å². The lowest BCUT2D eigenvalue weighted by atomic mass is 9.79. The lowest BCUT2D eigenvalue weighted by Crippen LogP contribution is -2.12. The summed E-state index contributed by atoms with van der Waals surface area (Å²) in [6.07, 6.45) is 5.85. The first-order valence-corrected chi connectivity index (χ1v) is 5.75. The minimum atomic E-state index is -0.111. The van der Waals surface area contributed by atoms with Crippen LogP contribution >= 0.6 is 0 Å². The standard InChI is InChI=1S/C15H21NO/c1-5-13(15(2,3)10-11-17-4)12-8-6-7-9-14(12)16/h5-11H,16H2,1-4H3/b11-10?,13-5+.